The Kier molecular flexibility index (Phi) is 5.61. The number of thioether (sulfide) groups is 1. The van der Waals surface area contributed by atoms with Gasteiger partial charge in [0.25, 0.3) is 0 Å². The predicted octanol–water partition coefficient (Wildman–Crippen LogP) is 4.78. The van der Waals surface area contributed by atoms with Crippen molar-refractivity contribution in [3.8, 4) is 0 Å². The van der Waals surface area contributed by atoms with Crippen molar-refractivity contribution in [2.45, 2.75) is 38.9 Å². The molecule has 21 heavy (non-hydrogen) atoms. The SMILES string of the molecule is CC(C)(C)CC(=O)N1CCSC(c2ccccc2Cl)CC1. The fraction of sp³-hybridized carbons (Fsp3) is 0.588. The Morgan fingerprint density at radius 3 is 2.71 bits per heavy atom. The van der Waals surface area contributed by atoms with Crippen molar-refractivity contribution in [2.75, 3.05) is 18.8 Å². The summed E-state index contributed by atoms with van der Waals surface area (Å²) < 4.78 is 0. The molecule has 1 atom stereocenters. The Hall–Kier alpha value is -0.670. The molecule has 116 valence electrons. The first-order chi connectivity index (χ1) is 9.87. The molecule has 1 aliphatic heterocycles. The quantitative estimate of drug-likeness (QED) is 0.779. The molecule has 0 N–H and O–H groups in total. The average Bonchev–Trinajstić information content (AvgIpc) is 2.63. The molecule has 1 unspecified atom stereocenters. The lowest BCUT2D eigenvalue weighted by molar-refractivity contribution is -0.132. The third kappa shape index (κ3) is 4.93. The Labute approximate surface area is 137 Å². The van der Waals surface area contributed by atoms with Gasteiger partial charge in [0.2, 0.25) is 5.91 Å². The lowest BCUT2D eigenvalue weighted by atomic mass is 9.91. The van der Waals surface area contributed by atoms with Gasteiger partial charge in [0, 0.05) is 35.5 Å². The molecule has 0 aliphatic carbocycles. The molecule has 0 bridgehead atoms. The van der Waals surface area contributed by atoms with Gasteiger partial charge in [0.1, 0.15) is 0 Å². The van der Waals surface area contributed by atoms with Gasteiger partial charge in [-0.15, -0.1) is 0 Å². The van der Waals surface area contributed by atoms with Gasteiger partial charge in [-0.25, -0.2) is 0 Å². The highest BCUT2D eigenvalue weighted by molar-refractivity contribution is 7.99. The average molecular weight is 326 g/mol. The molecular formula is C17H24ClNOS. The fourth-order valence-electron chi connectivity index (χ4n) is 2.57. The van der Waals surface area contributed by atoms with Crippen LogP contribution in [0.3, 0.4) is 0 Å². The second-order valence-corrected chi connectivity index (χ2v) is 8.51. The first-order valence-corrected chi connectivity index (χ1v) is 8.93. The minimum absolute atomic E-state index is 0.0542. The van der Waals surface area contributed by atoms with Crippen molar-refractivity contribution in [3.63, 3.8) is 0 Å². The first kappa shape index (κ1) is 16.7. The van der Waals surface area contributed by atoms with Crippen molar-refractivity contribution in [1.82, 2.24) is 4.90 Å². The van der Waals surface area contributed by atoms with E-state index in [9.17, 15) is 4.79 Å². The van der Waals surface area contributed by atoms with Crippen LogP contribution < -0.4 is 0 Å². The molecule has 1 aromatic carbocycles. The summed E-state index contributed by atoms with van der Waals surface area (Å²) in [5.41, 5.74) is 1.26. The molecule has 1 fully saturated rings. The van der Waals surface area contributed by atoms with Crippen LogP contribution in [-0.2, 0) is 4.79 Å². The highest BCUT2D eigenvalue weighted by Gasteiger charge is 2.25. The van der Waals surface area contributed by atoms with E-state index in [1.807, 2.05) is 34.9 Å². The molecule has 0 spiro atoms. The van der Waals surface area contributed by atoms with Gasteiger partial charge in [-0.1, -0.05) is 50.6 Å². The number of amides is 1. The molecule has 1 amide bonds. The standard InChI is InChI=1S/C17H24ClNOS/c1-17(2,3)12-16(20)19-9-8-15(21-11-10-19)13-6-4-5-7-14(13)18/h4-7,15H,8-12H2,1-3H3. The Morgan fingerprint density at radius 1 is 1.33 bits per heavy atom. The van der Waals surface area contributed by atoms with Gasteiger partial charge in [-0.2, -0.15) is 11.8 Å². The van der Waals surface area contributed by atoms with Crippen LogP contribution in [0.15, 0.2) is 24.3 Å². The maximum Gasteiger partial charge on any atom is 0.223 e. The molecule has 1 saturated heterocycles. The molecule has 2 rings (SSSR count). The highest BCUT2D eigenvalue weighted by Crippen LogP contribution is 2.38. The third-order valence-electron chi connectivity index (χ3n) is 3.63. The first-order valence-electron chi connectivity index (χ1n) is 7.50. The second kappa shape index (κ2) is 7.06. The highest BCUT2D eigenvalue weighted by atomic mass is 35.5. The van der Waals surface area contributed by atoms with E-state index in [-0.39, 0.29) is 11.3 Å². The van der Waals surface area contributed by atoms with E-state index in [2.05, 4.69) is 26.8 Å². The molecular weight excluding hydrogens is 302 g/mol. The molecule has 1 aliphatic rings. The summed E-state index contributed by atoms with van der Waals surface area (Å²) in [6.45, 7) is 8.02. The third-order valence-corrected chi connectivity index (χ3v) is 5.28. The molecule has 0 aromatic heterocycles. The minimum Gasteiger partial charge on any atom is -0.342 e. The summed E-state index contributed by atoms with van der Waals surface area (Å²) in [6, 6.07) is 8.05. The summed E-state index contributed by atoms with van der Waals surface area (Å²) in [4.78, 5) is 14.4. The smallest absolute Gasteiger partial charge is 0.223 e. The van der Waals surface area contributed by atoms with Crippen LogP contribution in [0.2, 0.25) is 5.02 Å². The second-order valence-electron chi connectivity index (χ2n) is 6.79. The lowest BCUT2D eigenvalue weighted by Gasteiger charge is -2.25. The largest absolute Gasteiger partial charge is 0.342 e. The number of rotatable bonds is 2. The zero-order valence-electron chi connectivity index (χ0n) is 13.1. The van der Waals surface area contributed by atoms with E-state index in [0.29, 0.717) is 11.7 Å². The van der Waals surface area contributed by atoms with Crippen LogP contribution in [0.5, 0.6) is 0 Å². The maximum atomic E-state index is 12.4. The summed E-state index contributed by atoms with van der Waals surface area (Å²) >= 11 is 8.22. The van der Waals surface area contributed by atoms with Gasteiger partial charge in [-0.3, -0.25) is 4.79 Å². The fourth-order valence-corrected chi connectivity index (χ4v) is 4.17. The van der Waals surface area contributed by atoms with Gasteiger partial charge >= 0.3 is 0 Å². The van der Waals surface area contributed by atoms with Crippen molar-refractivity contribution in [1.29, 1.82) is 0 Å². The van der Waals surface area contributed by atoms with Gasteiger partial charge in [0.15, 0.2) is 0 Å². The Morgan fingerprint density at radius 2 is 2.05 bits per heavy atom. The van der Waals surface area contributed by atoms with E-state index in [1.54, 1.807) is 0 Å². The van der Waals surface area contributed by atoms with E-state index in [1.165, 1.54) is 5.56 Å². The van der Waals surface area contributed by atoms with Crippen LogP contribution in [0.1, 0.15) is 44.4 Å². The molecule has 1 heterocycles. The number of hydrogen-bond donors (Lipinski definition) is 0. The summed E-state index contributed by atoms with van der Waals surface area (Å²) in [7, 11) is 0. The molecule has 0 saturated carbocycles. The van der Waals surface area contributed by atoms with Gasteiger partial charge in [0.05, 0.1) is 0 Å². The van der Waals surface area contributed by atoms with E-state index in [4.69, 9.17) is 11.6 Å². The van der Waals surface area contributed by atoms with Crippen molar-refractivity contribution >= 4 is 29.3 Å². The minimum atomic E-state index is 0.0542. The van der Waals surface area contributed by atoms with Gasteiger partial charge in [-0.05, 0) is 23.5 Å². The van der Waals surface area contributed by atoms with Crippen molar-refractivity contribution < 1.29 is 4.79 Å². The van der Waals surface area contributed by atoms with Crippen LogP contribution in [-0.4, -0.2) is 29.6 Å². The van der Waals surface area contributed by atoms with Crippen molar-refractivity contribution in [3.05, 3.63) is 34.9 Å². The van der Waals surface area contributed by atoms with E-state index >= 15 is 0 Å². The topological polar surface area (TPSA) is 20.3 Å². The van der Waals surface area contributed by atoms with Crippen LogP contribution in [0.25, 0.3) is 0 Å². The summed E-state index contributed by atoms with van der Waals surface area (Å²) in [6.07, 6.45) is 1.60. The predicted molar refractivity (Wildman–Crippen MR) is 91.9 cm³/mol. The van der Waals surface area contributed by atoms with Gasteiger partial charge < -0.3 is 4.90 Å². The summed E-state index contributed by atoms with van der Waals surface area (Å²) in [5, 5.41) is 1.23. The number of carbonyl (C=O) groups is 1. The van der Waals surface area contributed by atoms with Crippen LogP contribution in [0, 0.1) is 5.41 Å². The number of hydrogen-bond acceptors (Lipinski definition) is 2. The number of benzene rings is 1. The Balaban J connectivity index is 1.99. The van der Waals surface area contributed by atoms with E-state index < -0.39 is 0 Å². The zero-order valence-corrected chi connectivity index (χ0v) is 14.6. The number of nitrogens with zero attached hydrogens (tertiary/aromatic N) is 1. The molecule has 1 aromatic rings. The van der Waals surface area contributed by atoms with E-state index in [0.717, 1.165) is 30.3 Å². The Bertz CT molecular complexity index is 498. The van der Waals surface area contributed by atoms with Crippen LogP contribution in [0.4, 0.5) is 0 Å². The lowest BCUT2D eigenvalue weighted by Crippen LogP contribution is -2.35. The summed E-state index contributed by atoms with van der Waals surface area (Å²) in [5.74, 6) is 1.26. The van der Waals surface area contributed by atoms with Crippen molar-refractivity contribution in [2.24, 2.45) is 5.41 Å². The number of halogens is 1. The molecule has 4 heteroatoms. The normalized spacial score (nSPS) is 20.2. The van der Waals surface area contributed by atoms with Crippen LogP contribution >= 0.6 is 23.4 Å². The number of carbonyl (C=O) groups excluding carboxylic acids is 1. The monoisotopic (exact) mass is 325 g/mol. The zero-order chi connectivity index (χ0) is 15.5. The molecule has 0 radical (unpaired) electrons. The molecule has 2 nitrogen and oxygen atoms in total. The maximum absolute atomic E-state index is 12.4.